The third-order valence-electron chi connectivity index (χ3n) is 5.95. The molecule has 1 aliphatic rings. The molecule has 1 saturated heterocycles. The first-order valence-electron chi connectivity index (χ1n) is 10.9. The number of likely N-dealkylation sites (N-methyl/N-ethyl adjacent to an activating group) is 1. The number of aromatic nitrogens is 3. The highest BCUT2D eigenvalue weighted by Crippen LogP contribution is 2.30. The summed E-state index contributed by atoms with van der Waals surface area (Å²) in [5.74, 6) is 0.0662. The van der Waals surface area contributed by atoms with E-state index in [1.54, 1.807) is 28.0 Å². The number of carbonyl (C=O) groups excluding carboxylic acids is 1. The number of amides is 1. The van der Waals surface area contributed by atoms with Crippen LogP contribution in [0.5, 0.6) is 0 Å². The average Bonchev–Trinajstić information content (AvgIpc) is 3.38. The summed E-state index contributed by atoms with van der Waals surface area (Å²) in [6, 6.07) is 13.4. The summed E-state index contributed by atoms with van der Waals surface area (Å²) in [7, 11) is -3.08. The highest BCUT2D eigenvalue weighted by atomic mass is 32.2. The molecule has 1 atom stereocenters. The molecule has 0 aliphatic carbocycles. The second-order valence-electron chi connectivity index (χ2n) is 8.27. The van der Waals surface area contributed by atoms with Gasteiger partial charge in [-0.05, 0) is 56.0 Å². The van der Waals surface area contributed by atoms with Crippen LogP contribution in [0.4, 0.5) is 0 Å². The molecule has 7 nitrogen and oxygen atoms in total. The summed E-state index contributed by atoms with van der Waals surface area (Å²) in [5, 5.41) is 4.63. The predicted molar refractivity (Wildman–Crippen MR) is 124 cm³/mol. The van der Waals surface area contributed by atoms with Crippen molar-refractivity contribution < 1.29 is 13.2 Å². The number of carbonyl (C=O) groups is 1. The summed E-state index contributed by atoms with van der Waals surface area (Å²) >= 11 is 0. The van der Waals surface area contributed by atoms with E-state index in [-0.39, 0.29) is 23.5 Å². The zero-order valence-corrected chi connectivity index (χ0v) is 19.3. The minimum absolute atomic E-state index is 0.0563. The summed E-state index contributed by atoms with van der Waals surface area (Å²) in [6.07, 6.45) is 4.74. The Balaban J connectivity index is 1.63. The molecule has 8 heteroatoms. The smallest absolute Gasteiger partial charge is 0.274 e. The average molecular weight is 453 g/mol. The number of aryl methyl sites for hydroxylation is 1. The van der Waals surface area contributed by atoms with E-state index >= 15 is 0 Å². The predicted octanol–water partition coefficient (Wildman–Crippen LogP) is 3.32. The Morgan fingerprint density at radius 3 is 2.50 bits per heavy atom. The zero-order chi connectivity index (χ0) is 22.7. The normalized spacial score (nSPS) is 17.4. The van der Waals surface area contributed by atoms with Gasteiger partial charge in [-0.15, -0.1) is 0 Å². The van der Waals surface area contributed by atoms with Crippen molar-refractivity contribution >= 4 is 15.7 Å². The number of nitrogens with zero attached hydrogens (tertiary/aromatic N) is 4. The number of hydrogen-bond donors (Lipinski definition) is 0. The second-order valence-corrected chi connectivity index (χ2v) is 10.5. The lowest BCUT2D eigenvalue weighted by Crippen LogP contribution is -2.33. The van der Waals surface area contributed by atoms with Gasteiger partial charge in [-0.25, -0.2) is 8.42 Å². The summed E-state index contributed by atoms with van der Waals surface area (Å²) in [6.45, 7) is 5.10. The topological polar surface area (TPSA) is 85.2 Å². The summed E-state index contributed by atoms with van der Waals surface area (Å²) in [4.78, 5) is 19.1. The summed E-state index contributed by atoms with van der Waals surface area (Å²) in [5.41, 5.74) is 4.30. The molecule has 32 heavy (non-hydrogen) atoms. The van der Waals surface area contributed by atoms with Crippen molar-refractivity contribution in [3.05, 3.63) is 71.7 Å². The molecule has 3 heterocycles. The van der Waals surface area contributed by atoms with Gasteiger partial charge in [-0.1, -0.05) is 29.8 Å². The molecule has 0 spiro atoms. The molecule has 1 amide bonds. The van der Waals surface area contributed by atoms with E-state index in [1.807, 2.05) is 50.2 Å². The number of rotatable bonds is 7. The van der Waals surface area contributed by atoms with Crippen LogP contribution >= 0.6 is 0 Å². The Morgan fingerprint density at radius 2 is 1.88 bits per heavy atom. The number of benzene rings is 1. The molecule has 0 bridgehead atoms. The highest BCUT2D eigenvalue weighted by Gasteiger charge is 2.32. The van der Waals surface area contributed by atoms with Crippen LogP contribution in [0, 0.1) is 6.92 Å². The largest absolute Gasteiger partial charge is 0.337 e. The van der Waals surface area contributed by atoms with Gasteiger partial charge in [-0.2, -0.15) is 5.10 Å². The van der Waals surface area contributed by atoms with E-state index in [0.29, 0.717) is 25.2 Å². The molecule has 4 rings (SSSR count). The first-order valence-corrected chi connectivity index (χ1v) is 12.7. The minimum atomic E-state index is -3.08. The van der Waals surface area contributed by atoms with Crippen LogP contribution in [0.15, 0.2) is 54.9 Å². The molecule has 3 aromatic rings. The monoisotopic (exact) mass is 452 g/mol. The van der Waals surface area contributed by atoms with Gasteiger partial charge < -0.3 is 4.90 Å². The lowest BCUT2D eigenvalue weighted by molar-refractivity contribution is 0.0759. The summed E-state index contributed by atoms with van der Waals surface area (Å²) < 4.78 is 26.0. The first-order chi connectivity index (χ1) is 15.4. The van der Waals surface area contributed by atoms with Crippen LogP contribution in [0.25, 0.3) is 11.3 Å². The maximum absolute atomic E-state index is 13.3. The van der Waals surface area contributed by atoms with Crippen molar-refractivity contribution in [3.8, 4) is 11.3 Å². The van der Waals surface area contributed by atoms with Crippen molar-refractivity contribution in [2.45, 2.75) is 32.7 Å². The third kappa shape index (κ3) is 4.91. The van der Waals surface area contributed by atoms with Gasteiger partial charge in [0.1, 0.15) is 0 Å². The Morgan fingerprint density at radius 1 is 1.16 bits per heavy atom. The van der Waals surface area contributed by atoms with E-state index in [2.05, 4.69) is 10.1 Å². The fourth-order valence-electron chi connectivity index (χ4n) is 4.06. The number of hydrogen-bond acceptors (Lipinski definition) is 5. The van der Waals surface area contributed by atoms with Gasteiger partial charge in [0, 0.05) is 25.5 Å². The number of sulfone groups is 1. The Bertz CT molecular complexity index is 1190. The van der Waals surface area contributed by atoms with Crippen LogP contribution in [0.1, 0.15) is 41.0 Å². The van der Waals surface area contributed by atoms with Crippen molar-refractivity contribution in [3.63, 3.8) is 0 Å². The molecule has 2 aromatic heterocycles. The molecule has 168 valence electrons. The van der Waals surface area contributed by atoms with Gasteiger partial charge in [0.2, 0.25) is 0 Å². The van der Waals surface area contributed by atoms with Gasteiger partial charge in [0.05, 0.1) is 23.2 Å². The van der Waals surface area contributed by atoms with Gasteiger partial charge in [0.15, 0.2) is 15.5 Å². The van der Waals surface area contributed by atoms with E-state index in [1.165, 1.54) is 0 Å². The van der Waals surface area contributed by atoms with E-state index in [9.17, 15) is 13.2 Å². The molecule has 1 aliphatic heterocycles. The van der Waals surface area contributed by atoms with Gasteiger partial charge >= 0.3 is 0 Å². The van der Waals surface area contributed by atoms with Crippen molar-refractivity contribution in [2.24, 2.45) is 0 Å². The lowest BCUT2D eigenvalue weighted by atomic mass is 10.1. The quantitative estimate of drug-likeness (QED) is 0.549. The van der Waals surface area contributed by atoms with Crippen molar-refractivity contribution in [2.75, 3.05) is 24.6 Å². The highest BCUT2D eigenvalue weighted by molar-refractivity contribution is 7.91. The molecular formula is C24H28N4O3S. The van der Waals surface area contributed by atoms with Crippen molar-refractivity contribution in [1.29, 1.82) is 0 Å². The van der Waals surface area contributed by atoms with Crippen LogP contribution in [0.3, 0.4) is 0 Å². The maximum atomic E-state index is 13.3. The van der Waals surface area contributed by atoms with Gasteiger partial charge in [-0.3, -0.25) is 14.5 Å². The van der Waals surface area contributed by atoms with E-state index in [4.69, 9.17) is 0 Å². The molecule has 1 aromatic carbocycles. The fraction of sp³-hybridized carbons (Fsp3) is 0.375. The van der Waals surface area contributed by atoms with E-state index < -0.39 is 9.84 Å². The second kappa shape index (κ2) is 9.24. The third-order valence-corrected chi connectivity index (χ3v) is 7.70. The van der Waals surface area contributed by atoms with Crippen LogP contribution < -0.4 is 0 Å². The van der Waals surface area contributed by atoms with Crippen LogP contribution in [0.2, 0.25) is 0 Å². The molecule has 0 radical (unpaired) electrons. The maximum Gasteiger partial charge on any atom is 0.274 e. The van der Waals surface area contributed by atoms with E-state index in [0.717, 1.165) is 28.8 Å². The standard InChI is InChI=1S/C24H28N4O3S/c1-3-27(14-10-19-8-12-25-13-9-19)24(29)22-16-23(20-6-4-18(2)5-7-20)28(26-22)21-11-15-32(30,31)17-21/h4-9,12-13,16,21H,3,10-11,14-15,17H2,1-2H3/t21-/m0/s1. The van der Waals surface area contributed by atoms with Crippen LogP contribution in [-0.4, -0.2) is 58.6 Å². The molecule has 0 N–H and O–H groups in total. The Labute approximate surface area is 189 Å². The zero-order valence-electron chi connectivity index (χ0n) is 18.4. The van der Waals surface area contributed by atoms with Crippen molar-refractivity contribution in [1.82, 2.24) is 19.7 Å². The van der Waals surface area contributed by atoms with Gasteiger partial charge in [0.25, 0.3) is 5.91 Å². The number of pyridine rings is 1. The SMILES string of the molecule is CCN(CCc1ccncc1)C(=O)c1cc(-c2ccc(C)cc2)n([C@H]2CCS(=O)(=O)C2)n1. The fourth-order valence-corrected chi connectivity index (χ4v) is 5.76. The molecule has 1 fully saturated rings. The molecule has 0 saturated carbocycles. The first kappa shape index (κ1) is 22.2. The molecule has 0 unspecified atom stereocenters. The van der Waals surface area contributed by atoms with Crippen LogP contribution in [-0.2, 0) is 16.3 Å². The lowest BCUT2D eigenvalue weighted by Gasteiger charge is -2.19. The Kier molecular flexibility index (Phi) is 6.41. The minimum Gasteiger partial charge on any atom is -0.337 e. The Hall–Kier alpha value is -3.00. The molecular weight excluding hydrogens is 424 g/mol.